The fourth-order valence-corrected chi connectivity index (χ4v) is 3.50. The number of rotatable bonds is 6. The van der Waals surface area contributed by atoms with Gasteiger partial charge in [0.2, 0.25) is 5.89 Å². The molecular weight excluding hydrogens is 434 g/mol. The molecule has 152 valence electrons. The second-order valence-corrected chi connectivity index (χ2v) is 8.70. The number of carbonyl (C=O) groups excluding carboxylic acids is 1. The fraction of sp³-hybridized carbons (Fsp3) is 0.429. The summed E-state index contributed by atoms with van der Waals surface area (Å²) in [6.45, 7) is 8.00. The topological polar surface area (TPSA) is 85.8 Å². The molecule has 4 rings (SSSR count). The smallest absolute Gasteiger partial charge is 0.251 e. The van der Waals surface area contributed by atoms with Gasteiger partial charge in [0.15, 0.2) is 5.82 Å². The molecule has 1 saturated carbocycles. The lowest BCUT2D eigenvalue weighted by atomic mass is 10.0. The number of aromatic nitrogens is 4. The third-order valence-corrected chi connectivity index (χ3v) is 6.34. The molecule has 3 aromatic rings. The van der Waals surface area contributed by atoms with Gasteiger partial charge in [-0.2, -0.15) is 10.1 Å². The van der Waals surface area contributed by atoms with Crippen molar-refractivity contribution in [2.45, 2.75) is 52.5 Å². The number of carbonyl (C=O) groups is 1. The van der Waals surface area contributed by atoms with E-state index >= 15 is 0 Å². The van der Waals surface area contributed by atoms with E-state index in [1.54, 1.807) is 12.1 Å². The number of hydrogen-bond donors (Lipinski definition) is 1. The average molecular weight is 458 g/mol. The Hall–Kier alpha value is -2.48. The lowest BCUT2D eigenvalue weighted by molar-refractivity contribution is 0.0914. The summed E-state index contributed by atoms with van der Waals surface area (Å²) in [6.07, 6.45) is 2.21. The predicted molar refractivity (Wildman–Crippen MR) is 112 cm³/mol. The Labute approximate surface area is 178 Å². The first kappa shape index (κ1) is 19.8. The summed E-state index contributed by atoms with van der Waals surface area (Å²) in [4.78, 5) is 17.3. The van der Waals surface area contributed by atoms with Crippen molar-refractivity contribution < 1.29 is 9.32 Å². The molecule has 1 atom stereocenters. The lowest BCUT2D eigenvalue weighted by Crippen LogP contribution is -2.32. The maximum atomic E-state index is 12.8. The van der Waals surface area contributed by atoms with Gasteiger partial charge >= 0.3 is 0 Å². The van der Waals surface area contributed by atoms with E-state index in [2.05, 4.69) is 36.5 Å². The first-order valence-corrected chi connectivity index (χ1v) is 10.6. The van der Waals surface area contributed by atoms with Crippen molar-refractivity contribution in [3.63, 3.8) is 0 Å². The van der Waals surface area contributed by atoms with E-state index in [0.29, 0.717) is 17.4 Å². The Kier molecular flexibility index (Phi) is 5.29. The standard InChI is InChI=1S/C21H24BrN5O2/c1-11(2)18(21-24-19(26-29-21)14-5-6-14)23-20(28)15-7-9-16(10-8-15)27-13(4)17(22)12(3)25-27/h7-11,14,18H,5-6H2,1-4H3,(H,23,28). The number of benzene rings is 1. The van der Waals surface area contributed by atoms with Gasteiger partial charge in [0.05, 0.1) is 21.5 Å². The molecule has 0 aliphatic heterocycles. The molecule has 0 saturated heterocycles. The Morgan fingerprint density at radius 3 is 2.48 bits per heavy atom. The summed E-state index contributed by atoms with van der Waals surface area (Å²) < 4.78 is 8.28. The molecule has 1 aromatic carbocycles. The lowest BCUT2D eigenvalue weighted by Gasteiger charge is -2.18. The highest BCUT2D eigenvalue weighted by Gasteiger charge is 2.31. The van der Waals surface area contributed by atoms with E-state index in [0.717, 1.165) is 40.2 Å². The number of halogens is 1. The number of hydrogen-bond acceptors (Lipinski definition) is 5. The number of nitrogens with zero attached hydrogens (tertiary/aromatic N) is 4. The Morgan fingerprint density at radius 2 is 1.93 bits per heavy atom. The quantitative estimate of drug-likeness (QED) is 0.582. The minimum atomic E-state index is -0.325. The molecular formula is C21H24BrN5O2. The van der Waals surface area contributed by atoms with E-state index in [4.69, 9.17) is 4.52 Å². The number of aryl methyl sites for hydroxylation is 1. The van der Waals surface area contributed by atoms with Gasteiger partial charge in [-0.3, -0.25) is 4.79 Å². The zero-order chi connectivity index (χ0) is 20.7. The van der Waals surface area contributed by atoms with Crippen LogP contribution in [0.15, 0.2) is 33.3 Å². The van der Waals surface area contributed by atoms with Gasteiger partial charge in [0, 0.05) is 11.5 Å². The van der Waals surface area contributed by atoms with Crippen LogP contribution >= 0.6 is 15.9 Å². The molecule has 1 aliphatic rings. The third-order valence-electron chi connectivity index (χ3n) is 5.20. The van der Waals surface area contributed by atoms with E-state index in [-0.39, 0.29) is 17.9 Å². The highest BCUT2D eigenvalue weighted by molar-refractivity contribution is 9.10. The van der Waals surface area contributed by atoms with Crippen LogP contribution in [0.5, 0.6) is 0 Å². The van der Waals surface area contributed by atoms with Gasteiger partial charge in [0.1, 0.15) is 6.04 Å². The van der Waals surface area contributed by atoms with Gasteiger partial charge in [-0.25, -0.2) is 4.68 Å². The van der Waals surface area contributed by atoms with Gasteiger partial charge in [-0.1, -0.05) is 19.0 Å². The molecule has 29 heavy (non-hydrogen) atoms. The summed E-state index contributed by atoms with van der Waals surface area (Å²) in [6, 6.07) is 7.06. The molecule has 1 fully saturated rings. The maximum Gasteiger partial charge on any atom is 0.251 e. The summed E-state index contributed by atoms with van der Waals surface area (Å²) in [5, 5.41) is 11.6. The van der Waals surface area contributed by atoms with Gasteiger partial charge < -0.3 is 9.84 Å². The number of amides is 1. The van der Waals surface area contributed by atoms with Crippen LogP contribution in [-0.2, 0) is 0 Å². The normalized spacial score (nSPS) is 15.0. The summed E-state index contributed by atoms with van der Waals surface area (Å²) in [5.74, 6) is 1.59. The monoisotopic (exact) mass is 457 g/mol. The van der Waals surface area contributed by atoms with Crippen molar-refractivity contribution in [2.24, 2.45) is 5.92 Å². The highest BCUT2D eigenvalue weighted by Crippen LogP contribution is 2.38. The highest BCUT2D eigenvalue weighted by atomic mass is 79.9. The maximum absolute atomic E-state index is 12.8. The molecule has 8 heteroatoms. The van der Waals surface area contributed by atoms with E-state index in [1.807, 2.05) is 44.5 Å². The van der Waals surface area contributed by atoms with Crippen molar-refractivity contribution >= 4 is 21.8 Å². The largest absolute Gasteiger partial charge is 0.340 e. The first-order valence-electron chi connectivity index (χ1n) is 9.81. The second-order valence-electron chi connectivity index (χ2n) is 7.90. The van der Waals surface area contributed by atoms with Crippen molar-refractivity contribution in [3.8, 4) is 5.69 Å². The van der Waals surface area contributed by atoms with Crippen LogP contribution in [0, 0.1) is 19.8 Å². The molecule has 2 heterocycles. The molecule has 1 N–H and O–H groups in total. The Balaban J connectivity index is 1.51. The van der Waals surface area contributed by atoms with Crippen molar-refractivity contribution in [1.82, 2.24) is 25.2 Å². The molecule has 0 bridgehead atoms. The van der Waals surface area contributed by atoms with Crippen molar-refractivity contribution in [2.75, 3.05) is 0 Å². The summed E-state index contributed by atoms with van der Waals surface area (Å²) in [5.41, 5.74) is 3.41. The Morgan fingerprint density at radius 1 is 1.24 bits per heavy atom. The SMILES string of the molecule is Cc1nn(-c2ccc(C(=O)NC(c3nc(C4CC4)no3)C(C)C)cc2)c(C)c1Br. The zero-order valence-corrected chi connectivity index (χ0v) is 18.5. The van der Waals surface area contributed by atoms with E-state index in [9.17, 15) is 4.79 Å². The van der Waals surface area contributed by atoms with Crippen LogP contribution in [0.2, 0.25) is 0 Å². The minimum Gasteiger partial charge on any atom is -0.340 e. The van der Waals surface area contributed by atoms with Crippen LogP contribution in [-0.4, -0.2) is 25.8 Å². The van der Waals surface area contributed by atoms with Gasteiger partial charge in [-0.15, -0.1) is 0 Å². The zero-order valence-electron chi connectivity index (χ0n) is 16.9. The first-order chi connectivity index (χ1) is 13.8. The van der Waals surface area contributed by atoms with Crippen LogP contribution in [0.1, 0.15) is 72.1 Å². The van der Waals surface area contributed by atoms with Crippen LogP contribution in [0.4, 0.5) is 0 Å². The molecule has 2 aromatic heterocycles. The van der Waals surface area contributed by atoms with Crippen LogP contribution in [0.25, 0.3) is 5.69 Å². The second kappa shape index (κ2) is 7.74. The third kappa shape index (κ3) is 3.99. The van der Waals surface area contributed by atoms with Crippen LogP contribution in [0.3, 0.4) is 0 Å². The molecule has 7 nitrogen and oxygen atoms in total. The molecule has 0 radical (unpaired) electrons. The Bertz CT molecular complexity index is 1030. The molecule has 1 aliphatic carbocycles. The van der Waals surface area contributed by atoms with Gasteiger partial charge in [-0.05, 0) is 72.8 Å². The summed E-state index contributed by atoms with van der Waals surface area (Å²) >= 11 is 3.54. The minimum absolute atomic E-state index is 0.123. The fourth-order valence-electron chi connectivity index (χ4n) is 3.25. The van der Waals surface area contributed by atoms with E-state index < -0.39 is 0 Å². The molecule has 0 spiro atoms. The number of nitrogens with one attached hydrogen (secondary N) is 1. The van der Waals surface area contributed by atoms with E-state index in [1.165, 1.54) is 0 Å². The van der Waals surface area contributed by atoms with Crippen molar-refractivity contribution in [1.29, 1.82) is 0 Å². The molecule has 1 amide bonds. The summed E-state index contributed by atoms with van der Waals surface area (Å²) in [7, 11) is 0. The predicted octanol–water partition coefficient (Wildman–Crippen LogP) is 4.64. The average Bonchev–Trinajstić information content (AvgIpc) is 3.39. The van der Waals surface area contributed by atoms with Crippen molar-refractivity contribution in [3.05, 3.63) is 57.4 Å². The van der Waals surface area contributed by atoms with Gasteiger partial charge in [0.25, 0.3) is 5.91 Å². The van der Waals surface area contributed by atoms with Crippen LogP contribution < -0.4 is 5.32 Å². The molecule has 1 unspecified atom stereocenters.